The summed E-state index contributed by atoms with van der Waals surface area (Å²) in [5.41, 5.74) is 1.23. The Balaban J connectivity index is 2.11. The number of rotatable bonds is 6. The summed E-state index contributed by atoms with van der Waals surface area (Å²) in [6, 6.07) is 8.15. The van der Waals surface area contributed by atoms with Gasteiger partial charge in [-0.05, 0) is 31.0 Å². The molecule has 4 heteroatoms. The minimum absolute atomic E-state index is 0.193. The predicted octanol–water partition coefficient (Wildman–Crippen LogP) is 2.76. The van der Waals surface area contributed by atoms with Gasteiger partial charge in [0.05, 0.1) is 7.11 Å². The highest BCUT2D eigenvalue weighted by Gasteiger charge is 2.31. The molecule has 0 amide bonds. The van der Waals surface area contributed by atoms with Crippen molar-refractivity contribution in [3.63, 3.8) is 0 Å². The van der Waals surface area contributed by atoms with Crippen LogP contribution in [0.3, 0.4) is 0 Å². The van der Waals surface area contributed by atoms with E-state index in [-0.39, 0.29) is 6.42 Å². The molecule has 1 aliphatic heterocycles. The van der Waals surface area contributed by atoms with E-state index in [1.54, 1.807) is 7.11 Å². The summed E-state index contributed by atoms with van der Waals surface area (Å²) < 4.78 is 5.48. The molecule has 0 aliphatic carbocycles. The summed E-state index contributed by atoms with van der Waals surface area (Å²) >= 11 is 0. The van der Waals surface area contributed by atoms with Gasteiger partial charge in [-0.25, -0.2) is 0 Å². The Morgan fingerprint density at radius 2 is 2.19 bits per heavy atom. The molecule has 1 aromatic rings. The lowest BCUT2D eigenvalue weighted by Crippen LogP contribution is -2.13. The zero-order valence-electron chi connectivity index (χ0n) is 12.7. The fraction of sp³-hybridized carbons (Fsp3) is 0.471. The molecule has 0 spiro atoms. The van der Waals surface area contributed by atoms with E-state index in [2.05, 4.69) is 24.1 Å². The van der Waals surface area contributed by atoms with Crippen LogP contribution < -0.4 is 4.74 Å². The van der Waals surface area contributed by atoms with Crippen LogP contribution in [-0.2, 0) is 4.79 Å². The molecule has 0 saturated carbocycles. The van der Waals surface area contributed by atoms with Crippen LogP contribution in [0.4, 0.5) is 0 Å². The molecular formula is C17H23NO3. The molecule has 2 atom stereocenters. The van der Waals surface area contributed by atoms with Crippen molar-refractivity contribution in [2.24, 2.45) is 5.92 Å². The molecule has 0 radical (unpaired) electrons. The lowest BCUT2D eigenvalue weighted by molar-refractivity contribution is -0.136. The highest BCUT2D eigenvalue weighted by atomic mass is 16.5. The zero-order chi connectivity index (χ0) is 15.2. The molecule has 4 nitrogen and oxygen atoms in total. The second kappa shape index (κ2) is 7.27. The number of likely N-dealkylation sites (tertiary alicyclic amines) is 1. The van der Waals surface area contributed by atoms with Gasteiger partial charge in [-0.15, -0.1) is 0 Å². The number of carboxylic acid groups (broad SMARTS) is 1. The second-order valence-corrected chi connectivity index (χ2v) is 5.59. The van der Waals surface area contributed by atoms with Gasteiger partial charge in [-0.3, -0.25) is 4.79 Å². The molecule has 1 heterocycles. The quantitative estimate of drug-likeness (QED) is 0.818. The van der Waals surface area contributed by atoms with E-state index in [0.29, 0.717) is 18.3 Å². The van der Waals surface area contributed by atoms with Crippen molar-refractivity contribution < 1.29 is 14.6 Å². The van der Waals surface area contributed by atoms with Crippen molar-refractivity contribution in [3.8, 4) is 5.75 Å². The van der Waals surface area contributed by atoms with E-state index in [1.165, 1.54) is 5.56 Å². The van der Waals surface area contributed by atoms with Gasteiger partial charge < -0.3 is 14.7 Å². The smallest absolute Gasteiger partial charge is 0.303 e. The van der Waals surface area contributed by atoms with E-state index in [4.69, 9.17) is 9.84 Å². The number of hydrogen-bond acceptors (Lipinski definition) is 3. The third-order valence-corrected chi connectivity index (χ3v) is 3.99. The first kappa shape index (κ1) is 15.6. The Morgan fingerprint density at radius 3 is 2.90 bits per heavy atom. The first-order valence-corrected chi connectivity index (χ1v) is 7.31. The average Bonchev–Trinajstić information content (AvgIpc) is 2.84. The molecular weight excluding hydrogens is 266 g/mol. The molecule has 1 aromatic carbocycles. The molecule has 114 valence electrons. The Morgan fingerprint density at radius 1 is 1.43 bits per heavy atom. The SMILES string of the molecule is COc1ccccc1C1CN(C)CC1/C=C\CCC(=O)O. The topological polar surface area (TPSA) is 49.8 Å². The normalized spacial score (nSPS) is 22.8. The van der Waals surface area contributed by atoms with Gasteiger partial charge in [-0.2, -0.15) is 0 Å². The van der Waals surface area contributed by atoms with Crippen LogP contribution in [0.15, 0.2) is 36.4 Å². The maximum absolute atomic E-state index is 10.6. The summed E-state index contributed by atoms with van der Waals surface area (Å²) in [6.45, 7) is 1.99. The second-order valence-electron chi connectivity index (χ2n) is 5.59. The van der Waals surface area contributed by atoms with E-state index in [9.17, 15) is 4.79 Å². The van der Waals surface area contributed by atoms with Gasteiger partial charge in [0.15, 0.2) is 0 Å². The van der Waals surface area contributed by atoms with Crippen molar-refractivity contribution in [1.82, 2.24) is 4.90 Å². The van der Waals surface area contributed by atoms with Crippen LogP contribution >= 0.6 is 0 Å². The summed E-state index contributed by atoms with van der Waals surface area (Å²) in [6.07, 6.45) is 4.95. The number of para-hydroxylation sites is 1. The highest BCUT2D eigenvalue weighted by molar-refractivity contribution is 5.66. The predicted molar refractivity (Wildman–Crippen MR) is 82.7 cm³/mol. The molecule has 1 fully saturated rings. The van der Waals surface area contributed by atoms with Gasteiger partial charge >= 0.3 is 5.97 Å². The zero-order valence-corrected chi connectivity index (χ0v) is 12.7. The summed E-state index contributed by atoms with van der Waals surface area (Å²) in [5.74, 6) is 0.985. The Hall–Kier alpha value is -1.81. The number of benzene rings is 1. The minimum atomic E-state index is -0.746. The van der Waals surface area contributed by atoms with Gasteiger partial charge in [0.2, 0.25) is 0 Å². The molecule has 1 N–H and O–H groups in total. The number of ether oxygens (including phenoxy) is 1. The summed E-state index contributed by atoms with van der Waals surface area (Å²) in [5, 5.41) is 8.69. The van der Waals surface area contributed by atoms with E-state index >= 15 is 0 Å². The van der Waals surface area contributed by atoms with Crippen molar-refractivity contribution >= 4 is 5.97 Å². The first-order chi connectivity index (χ1) is 10.1. The number of hydrogen-bond donors (Lipinski definition) is 1. The van der Waals surface area contributed by atoms with Crippen molar-refractivity contribution in [3.05, 3.63) is 42.0 Å². The Kier molecular flexibility index (Phi) is 5.39. The molecule has 0 aromatic heterocycles. The van der Waals surface area contributed by atoms with Gasteiger partial charge in [0, 0.05) is 25.4 Å². The third-order valence-electron chi connectivity index (χ3n) is 3.99. The van der Waals surface area contributed by atoms with Crippen LogP contribution in [0.5, 0.6) is 5.75 Å². The number of nitrogens with zero attached hydrogens (tertiary/aromatic N) is 1. The fourth-order valence-electron chi connectivity index (χ4n) is 3.01. The third kappa shape index (κ3) is 4.08. The lowest BCUT2D eigenvalue weighted by atomic mass is 9.88. The average molecular weight is 289 g/mol. The standard InChI is InChI=1S/C17H23NO3/c1-18-11-13(7-3-6-10-17(19)20)15(12-18)14-8-4-5-9-16(14)21-2/h3-5,7-9,13,15H,6,10-12H2,1-2H3,(H,19,20)/b7-3-. The lowest BCUT2D eigenvalue weighted by Gasteiger charge is -2.18. The molecule has 21 heavy (non-hydrogen) atoms. The van der Waals surface area contributed by atoms with Crippen molar-refractivity contribution in [1.29, 1.82) is 0 Å². The van der Waals surface area contributed by atoms with Crippen LogP contribution in [0, 0.1) is 5.92 Å². The van der Waals surface area contributed by atoms with Crippen LogP contribution in [0.2, 0.25) is 0 Å². The maximum Gasteiger partial charge on any atom is 0.303 e. The number of methoxy groups -OCH3 is 1. The number of likely N-dealkylation sites (N-methyl/N-ethyl adjacent to an activating group) is 1. The van der Waals surface area contributed by atoms with Crippen LogP contribution in [0.1, 0.15) is 24.3 Å². The maximum atomic E-state index is 10.6. The number of carboxylic acids is 1. The highest BCUT2D eigenvalue weighted by Crippen LogP contribution is 2.37. The van der Waals surface area contributed by atoms with Gasteiger partial charge in [-0.1, -0.05) is 30.4 Å². The van der Waals surface area contributed by atoms with Crippen LogP contribution in [-0.4, -0.2) is 43.2 Å². The van der Waals surface area contributed by atoms with E-state index in [0.717, 1.165) is 18.8 Å². The van der Waals surface area contributed by atoms with Gasteiger partial charge in [0.1, 0.15) is 5.75 Å². The number of aliphatic carboxylic acids is 1. The van der Waals surface area contributed by atoms with Gasteiger partial charge in [0.25, 0.3) is 0 Å². The van der Waals surface area contributed by atoms with Crippen LogP contribution in [0.25, 0.3) is 0 Å². The van der Waals surface area contributed by atoms with Crippen molar-refractivity contribution in [2.45, 2.75) is 18.8 Å². The fourth-order valence-corrected chi connectivity index (χ4v) is 3.01. The number of allylic oxidation sites excluding steroid dienone is 1. The molecule has 0 bridgehead atoms. The Bertz CT molecular complexity index is 513. The van der Waals surface area contributed by atoms with Crippen molar-refractivity contribution in [2.75, 3.05) is 27.2 Å². The minimum Gasteiger partial charge on any atom is -0.496 e. The summed E-state index contributed by atoms with van der Waals surface area (Å²) in [7, 11) is 3.82. The Labute approximate surface area is 126 Å². The van der Waals surface area contributed by atoms with E-state index < -0.39 is 5.97 Å². The molecule has 1 saturated heterocycles. The largest absolute Gasteiger partial charge is 0.496 e. The molecule has 1 aliphatic rings. The molecule has 2 rings (SSSR count). The molecule has 2 unspecified atom stereocenters. The summed E-state index contributed by atoms with van der Waals surface area (Å²) in [4.78, 5) is 12.9. The van der Waals surface area contributed by atoms with E-state index in [1.807, 2.05) is 24.3 Å². The first-order valence-electron chi connectivity index (χ1n) is 7.31. The monoisotopic (exact) mass is 289 g/mol. The number of carbonyl (C=O) groups is 1.